The third-order valence-electron chi connectivity index (χ3n) is 6.54. The summed E-state index contributed by atoms with van der Waals surface area (Å²) < 4.78 is 140. The van der Waals surface area contributed by atoms with Crippen molar-refractivity contribution in [1.29, 1.82) is 0 Å². The molecule has 2 aromatic carbocycles. The summed E-state index contributed by atoms with van der Waals surface area (Å²) in [5.74, 6) is -4.29. The lowest BCUT2D eigenvalue weighted by Gasteiger charge is -2.31. The van der Waals surface area contributed by atoms with Crippen LogP contribution in [0.4, 0.5) is 40.8 Å². The topological polar surface area (TPSA) is 49.4 Å². The average molecular weight is 571 g/mol. The predicted molar refractivity (Wildman–Crippen MR) is 126 cm³/mol. The van der Waals surface area contributed by atoms with Crippen LogP contribution in [-0.2, 0) is 16.2 Å². The molecule has 1 unspecified atom stereocenters. The third-order valence-corrected chi connectivity index (χ3v) is 8.47. The SMILES string of the molecule is CC(C)(C)CN1CC([C@H](NS(=O)(=O)C2CC2)C(F)(F)F)c2cc(F)c(-c3c(F)cccc3C(F)(F)F)cc21. The van der Waals surface area contributed by atoms with Gasteiger partial charge in [-0.15, -0.1) is 0 Å². The van der Waals surface area contributed by atoms with Gasteiger partial charge >= 0.3 is 12.4 Å². The second kappa shape index (κ2) is 9.35. The maximum absolute atomic E-state index is 15.4. The first-order valence-electron chi connectivity index (χ1n) is 11.8. The molecule has 0 radical (unpaired) electrons. The van der Waals surface area contributed by atoms with Gasteiger partial charge in [-0.2, -0.15) is 26.3 Å². The normalized spacial score (nSPS) is 19.6. The monoisotopic (exact) mass is 570 g/mol. The van der Waals surface area contributed by atoms with Crippen molar-refractivity contribution < 1.29 is 43.5 Å². The lowest BCUT2D eigenvalue weighted by atomic mass is 9.90. The van der Waals surface area contributed by atoms with Crippen LogP contribution in [0, 0.1) is 17.0 Å². The van der Waals surface area contributed by atoms with Crippen molar-refractivity contribution in [3.8, 4) is 11.1 Å². The van der Waals surface area contributed by atoms with Crippen LogP contribution in [0.5, 0.6) is 0 Å². The number of alkyl halides is 6. The Morgan fingerprint density at radius 1 is 1.00 bits per heavy atom. The molecule has 0 amide bonds. The quantitative estimate of drug-likeness (QED) is 0.398. The molecule has 2 atom stereocenters. The zero-order valence-electron chi connectivity index (χ0n) is 20.6. The van der Waals surface area contributed by atoms with Gasteiger partial charge in [0.1, 0.15) is 17.7 Å². The van der Waals surface area contributed by atoms with E-state index in [-0.39, 0.29) is 37.2 Å². The van der Waals surface area contributed by atoms with E-state index in [1.165, 1.54) is 4.90 Å². The zero-order valence-corrected chi connectivity index (χ0v) is 21.5. The van der Waals surface area contributed by atoms with Gasteiger partial charge in [-0.3, -0.25) is 0 Å². The van der Waals surface area contributed by atoms with E-state index in [9.17, 15) is 39.2 Å². The molecule has 0 saturated heterocycles. The van der Waals surface area contributed by atoms with Crippen molar-refractivity contribution in [2.24, 2.45) is 5.41 Å². The molecule has 4 rings (SSSR count). The van der Waals surface area contributed by atoms with E-state index in [2.05, 4.69) is 0 Å². The smallest absolute Gasteiger partial charge is 0.370 e. The highest BCUT2D eigenvalue weighted by molar-refractivity contribution is 7.90. The Hall–Kier alpha value is -2.41. The van der Waals surface area contributed by atoms with Crippen LogP contribution < -0.4 is 9.62 Å². The van der Waals surface area contributed by atoms with Crippen molar-refractivity contribution in [2.45, 2.75) is 63.2 Å². The highest BCUT2D eigenvalue weighted by Gasteiger charge is 2.52. The van der Waals surface area contributed by atoms with Crippen molar-refractivity contribution in [3.05, 3.63) is 53.1 Å². The average Bonchev–Trinajstić information content (AvgIpc) is 3.55. The van der Waals surface area contributed by atoms with Gasteiger partial charge < -0.3 is 4.90 Å². The molecule has 2 aromatic rings. The van der Waals surface area contributed by atoms with E-state index in [0.29, 0.717) is 12.1 Å². The number of halogens is 8. The maximum Gasteiger partial charge on any atom is 0.417 e. The fourth-order valence-corrected chi connectivity index (χ4v) is 6.44. The first kappa shape index (κ1) is 28.6. The van der Waals surface area contributed by atoms with Crippen LogP contribution in [0.25, 0.3) is 11.1 Å². The third kappa shape index (κ3) is 5.78. The standard InChI is InChI=1S/C25H26F8N2O2S/c1-23(2,3)12-35-11-16(22(25(31,32)33)34-38(36,37)13-7-8-13)14-9-19(27)15(10-20(14)35)21-17(24(28,29)30)5-4-6-18(21)26/h4-6,9-10,13,16,22,34H,7-8,11-12H2,1-3H3/t16?,22-/m0/s1. The highest BCUT2D eigenvalue weighted by atomic mass is 32.2. The van der Waals surface area contributed by atoms with Crippen LogP contribution in [0.15, 0.2) is 30.3 Å². The lowest BCUT2D eigenvalue weighted by Crippen LogP contribution is -2.51. The van der Waals surface area contributed by atoms with Crippen LogP contribution >= 0.6 is 0 Å². The summed E-state index contributed by atoms with van der Waals surface area (Å²) in [6, 6.07) is 1.14. The minimum atomic E-state index is -5.05. The number of rotatable bonds is 6. The van der Waals surface area contributed by atoms with E-state index in [4.69, 9.17) is 0 Å². The summed E-state index contributed by atoms with van der Waals surface area (Å²) in [5, 5.41) is -0.945. The van der Waals surface area contributed by atoms with Gasteiger partial charge in [-0.1, -0.05) is 26.8 Å². The van der Waals surface area contributed by atoms with Gasteiger partial charge in [-0.25, -0.2) is 21.9 Å². The summed E-state index contributed by atoms with van der Waals surface area (Å²) >= 11 is 0. The molecule has 4 nitrogen and oxygen atoms in total. The Labute approximate surface area is 215 Å². The van der Waals surface area contributed by atoms with Crippen molar-refractivity contribution in [1.82, 2.24) is 4.72 Å². The van der Waals surface area contributed by atoms with Gasteiger partial charge in [0, 0.05) is 35.8 Å². The Balaban J connectivity index is 1.89. The molecule has 1 heterocycles. The summed E-state index contributed by atoms with van der Waals surface area (Å²) in [6.45, 7) is 5.07. The van der Waals surface area contributed by atoms with E-state index in [0.717, 1.165) is 18.2 Å². The number of benzene rings is 2. The van der Waals surface area contributed by atoms with E-state index >= 15 is 4.39 Å². The van der Waals surface area contributed by atoms with Gasteiger partial charge in [0.15, 0.2) is 0 Å². The predicted octanol–water partition coefficient (Wildman–Crippen LogP) is 6.61. The summed E-state index contributed by atoms with van der Waals surface area (Å²) in [7, 11) is -4.31. The molecular formula is C25H26F8N2O2S. The minimum absolute atomic E-state index is 0.0161. The molecule has 38 heavy (non-hydrogen) atoms. The van der Waals surface area contributed by atoms with Gasteiger partial charge in [0.2, 0.25) is 10.0 Å². The molecule has 1 aliphatic heterocycles. The number of nitrogens with one attached hydrogen (secondary N) is 1. The molecule has 1 N–H and O–H groups in total. The Morgan fingerprint density at radius 2 is 1.63 bits per heavy atom. The molecule has 1 saturated carbocycles. The van der Waals surface area contributed by atoms with E-state index < -0.39 is 73.3 Å². The number of fused-ring (bicyclic) bond motifs is 1. The number of nitrogens with zero attached hydrogens (tertiary/aromatic N) is 1. The van der Waals surface area contributed by atoms with Crippen LogP contribution in [-0.4, -0.2) is 39.0 Å². The molecule has 0 aromatic heterocycles. The van der Waals surface area contributed by atoms with Crippen molar-refractivity contribution in [3.63, 3.8) is 0 Å². The van der Waals surface area contributed by atoms with Crippen molar-refractivity contribution in [2.75, 3.05) is 18.0 Å². The number of sulfonamides is 1. The number of hydrogen-bond acceptors (Lipinski definition) is 3. The fourth-order valence-electron chi connectivity index (χ4n) is 4.84. The van der Waals surface area contributed by atoms with E-state index in [1.54, 1.807) is 25.5 Å². The Morgan fingerprint density at radius 3 is 2.16 bits per heavy atom. The molecule has 13 heteroatoms. The molecule has 210 valence electrons. The highest BCUT2D eigenvalue weighted by Crippen LogP contribution is 2.48. The molecule has 1 aliphatic carbocycles. The van der Waals surface area contributed by atoms with Gasteiger partial charge in [-0.05, 0) is 48.1 Å². The summed E-state index contributed by atoms with van der Waals surface area (Å²) in [4.78, 5) is 1.45. The van der Waals surface area contributed by atoms with Crippen molar-refractivity contribution >= 4 is 15.7 Å². The van der Waals surface area contributed by atoms with E-state index in [1.807, 2.05) is 0 Å². The fraction of sp³-hybridized carbons (Fsp3) is 0.520. The largest absolute Gasteiger partial charge is 0.417 e. The van der Waals surface area contributed by atoms with Gasteiger partial charge in [0.05, 0.1) is 10.8 Å². The Bertz CT molecular complexity index is 1330. The number of hydrogen-bond donors (Lipinski definition) is 1. The number of anilines is 1. The van der Waals surface area contributed by atoms with Gasteiger partial charge in [0.25, 0.3) is 0 Å². The molecule has 0 bridgehead atoms. The second-order valence-electron chi connectivity index (χ2n) is 11.0. The molecular weight excluding hydrogens is 544 g/mol. The first-order valence-corrected chi connectivity index (χ1v) is 13.4. The summed E-state index contributed by atoms with van der Waals surface area (Å²) in [5.41, 5.74) is -3.99. The van der Waals surface area contributed by atoms with Crippen LogP contribution in [0.3, 0.4) is 0 Å². The molecule has 1 fully saturated rings. The maximum atomic E-state index is 15.4. The van der Waals surface area contributed by atoms with Crippen LogP contribution in [0.1, 0.15) is 50.7 Å². The molecule has 2 aliphatic rings. The summed E-state index contributed by atoms with van der Waals surface area (Å²) in [6.07, 6.45) is -9.64. The zero-order chi connectivity index (χ0) is 28.4. The minimum Gasteiger partial charge on any atom is -0.370 e. The second-order valence-corrected chi connectivity index (χ2v) is 13.0. The lowest BCUT2D eigenvalue weighted by molar-refractivity contribution is -0.155. The first-order chi connectivity index (χ1) is 17.3. The Kier molecular flexibility index (Phi) is 7.04. The molecule has 0 spiro atoms. The van der Waals surface area contributed by atoms with Crippen LogP contribution in [0.2, 0.25) is 0 Å².